The molecule has 1 aromatic carbocycles. The molecule has 1 saturated heterocycles. The zero-order valence-corrected chi connectivity index (χ0v) is 15.2. The van der Waals surface area contributed by atoms with Crippen LogP contribution >= 0.6 is 12.6 Å². The molecule has 1 aliphatic heterocycles. The number of hydrogen-bond acceptors (Lipinski definition) is 4. The van der Waals surface area contributed by atoms with Gasteiger partial charge in [0, 0.05) is 5.75 Å². The Morgan fingerprint density at radius 1 is 1.23 bits per heavy atom. The van der Waals surface area contributed by atoms with Gasteiger partial charge in [0.25, 0.3) is 0 Å². The van der Waals surface area contributed by atoms with Crippen molar-refractivity contribution in [2.75, 3.05) is 12.9 Å². The van der Waals surface area contributed by atoms with Crippen LogP contribution in [0.25, 0.3) is 6.08 Å². The summed E-state index contributed by atoms with van der Waals surface area (Å²) >= 11 is 4.45. The zero-order chi connectivity index (χ0) is 16.5. The van der Waals surface area contributed by atoms with E-state index >= 15 is 0 Å². The highest BCUT2D eigenvalue weighted by Crippen LogP contribution is 2.39. The average Bonchev–Trinajstić information content (AvgIpc) is 2.65. The van der Waals surface area contributed by atoms with Crippen LogP contribution in [0.5, 0.6) is 5.75 Å². The zero-order valence-electron chi connectivity index (χ0n) is 14.3. The maximum Gasteiger partial charge on any atom is 0.491 e. The maximum atomic E-state index is 6.10. The van der Waals surface area contributed by atoms with E-state index in [1.807, 2.05) is 19.1 Å². The Balaban J connectivity index is 2.27. The predicted molar refractivity (Wildman–Crippen MR) is 95.6 cm³/mol. The number of thiol groups is 1. The van der Waals surface area contributed by atoms with Gasteiger partial charge in [0.1, 0.15) is 5.75 Å². The number of rotatable bonds is 4. The van der Waals surface area contributed by atoms with Gasteiger partial charge in [-0.1, -0.05) is 12.1 Å². The molecule has 0 spiro atoms. The summed E-state index contributed by atoms with van der Waals surface area (Å²) in [6.07, 6.45) is 2.08. The van der Waals surface area contributed by atoms with E-state index in [-0.39, 0.29) is 18.3 Å². The first-order valence-electron chi connectivity index (χ1n) is 7.52. The van der Waals surface area contributed by atoms with Crippen LogP contribution < -0.4 is 4.74 Å². The molecule has 5 heteroatoms. The van der Waals surface area contributed by atoms with Gasteiger partial charge in [-0.15, -0.1) is 0 Å². The van der Waals surface area contributed by atoms with Gasteiger partial charge in [0.2, 0.25) is 0 Å². The molecule has 0 aromatic heterocycles. The number of ether oxygens (including phenoxy) is 1. The van der Waals surface area contributed by atoms with Crippen molar-refractivity contribution in [3.05, 3.63) is 34.8 Å². The monoisotopic (exact) mass is 320 g/mol. The molecule has 0 bridgehead atoms. The fraction of sp³-hybridized carbons (Fsp3) is 0.529. The van der Waals surface area contributed by atoms with Gasteiger partial charge in [0.15, 0.2) is 0 Å². The molecule has 1 fully saturated rings. The molecule has 1 heterocycles. The molecule has 0 saturated carbocycles. The fourth-order valence-corrected chi connectivity index (χ4v) is 2.63. The highest BCUT2D eigenvalue weighted by Gasteiger charge is 2.52. The predicted octanol–water partition coefficient (Wildman–Crippen LogP) is 3.95. The Labute approximate surface area is 139 Å². The summed E-state index contributed by atoms with van der Waals surface area (Å²) in [5.41, 5.74) is 2.54. The highest BCUT2D eigenvalue weighted by atomic mass is 32.1. The summed E-state index contributed by atoms with van der Waals surface area (Å²) in [5, 5.41) is 0. The van der Waals surface area contributed by atoms with Gasteiger partial charge in [0.05, 0.1) is 18.3 Å². The van der Waals surface area contributed by atoms with Crippen molar-refractivity contribution in [2.45, 2.75) is 45.8 Å². The summed E-state index contributed by atoms with van der Waals surface area (Å²) in [6, 6.07) is 6.09. The molecule has 0 N–H and O–H groups in total. The maximum absolute atomic E-state index is 6.10. The minimum absolute atomic E-state index is 0.338. The van der Waals surface area contributed by atoms with Crippen LogP contribution in [0.15, 0.2) is 23.7 Å². The van der Waals surface area contributed by atoms with Crippen LogP contribution in [0, 0.1) is 6.92 Å². The van der Waals surface area contributed by atoms with E-state index in [9.17, 15) is 0 Å². The second kappa shape index (κ2) is 6.30. The minimum Gasteiger partial charge on any atom is -0.496 e. The van der Waals surface area contributed by atoms with Crippen molar-refractivity contribution in [1.29, 1.82) is 0 Å². The van der Waals surface area contributed by atoms with Crippen LogP contribution in [-0.2, 0) is 9.31 Å². The lowest BCUT2D eigenvalue weighted by atomic mass is 9.78. The lowest BCUT2D eigenvalue weighted by Crippen LogP contribution is -2.41. The smallest absolute Gasteiger partial charge is 0.491 e. The van der Waals surface area contributed by atoms with Crippen molar-refractivity contribution in [1.82, 2.24) is 0 Å². The molecular formula is C17H25BO3S. The summed E-state index contributed by atoms with van der Waals surface area (Å²) < 4.78 is 17.5. The van der Waals surface area contributed by atoms with Gasteiger partial charge < -0.3 is 14.0 Å². The van der Waals surface area contributed by atoms with Crippen LogP contribution in [0.4, 0.5) is 0 Å². The third-order valence-corrected chi connectivity index (χ3v) is 4.87. The minimum atomic E-state index is -0.357. The fourth-order valence-electron chi connectivity index (χ4n) is 2.39. The number of aryl methyl sites for hydroxylation is 1. The molecule has 1 aromatic rings. The molecule has 22 heavy (non-hydrogen) atoms. The highest BCUT2D eigenvalue weighted by molar-refractivity contribution is 7.80. The van der Waals surface area contributed by atoms with Crippen LogP contribution in [0.2, 0.25) is 0 Å². The van der Waals surface area contributed by atoms with E-state index < -0.39 is 0 Å². The third-order valence-electron chi connectivity index (χ3n) is 4.51. The molecule has 0 radical (unpaired) electrons. The quantitative estimate of drug-likeness (QED) is 0.672. The number of methoxy groups -OCH3 is 1. The number of benzene rings is 1. The Morgan fingerprint density at radius 3 is 2.27 bits per heavy atom. The van der Waals surface area contributed by atoms with Gasteiger partial charge >= 0.3 is 7.12 Å². The van der Waals surface area contributed by atoms with Crippen molar-refractivity contribution >= 4 is 25.8 Å². The summed E-state index contributed by atoms with van der Waals surface area (Å²) in [6.45, 7) is 10.3. The van der Waals surface area contributed by atoms with E-state index in [1.165, 1.54) is 0 Å². The Hall–Kier alpha value is -0.905. The largest absolute Gasteiger partial charge is 0.496 e. The van der Waals surface area contributed by atoms with Gasteiger partial charge in [-0.3, -0.25) is 0 Å². The molecule has 0 atom stereocenters. The van der Waals surface area contributed by atoms with Crippen LogP contribution in [0.1, 0.15) is 38.8 Å². The first kappa shape index (κ1) is 17.4. The van der Waals surface area contributed by atoms with Crippen molar-refractivity contribution in [3.63, 3.8) is 0 Å². The third kappa shape index (κ3) is 3.37. The molecule has 120 valence electrons. The molecule has 0 unspecified atom stereocenters. The normalized spacial score (nSPS) is 20.3. The van der Waals surface area contributed by atoms with Crippen molar-refractivity contribution in [3.8, 4) is 5.75 Å². The second-order valence-corrected chi connectivity index (χ2v) is 7.01. The van der Waals surface area contributed by atoms with Gasteiger partial charge in [-0.2, -0.15) is 12.6 Å². The molecular weight excluding hydrogens is 295 g/mol. The molecule has 3 nitrogen and oxygen atoms in total. The summed E-state index contributed by atoms with van der Waals surface area (Å²) in [5.74, 6) is 1.47. The van der Waals surface area contributed by atoms with Crippen molar-refractivity contribution in [2.24, 2.45) is 0 Å². The Kier molecular flexibility index (Phi) is 5.00. The standard InChI is InChI=1S/C17H25BO3S/c1-12-9-13(7-8-15(12)19-6)10-14(11-22)18-20-16(2,3)17(4,5)21-18/h7-10,22H,11H2,1-6H3. The molecule has 2 rings (SSSR count). The van der Waals surface area contributed by atoms with E-state index in [0.29, 0.717) is 5.75 Å². The first-order valence-corrected chi connectivity index (χ1v) is 8.15. The molecule has 1 aliphatic rings. The first-order chi connectivity index (χ1) is 10.2. The Bertz CT molecular complexity index is 565. The van der Waals surface area contributed by atoms with E-state index in [1.54, 1.807) is 7.11 Å². The van der Waals surface area contributed by atoms with E-state index in [0.717, 1.165) is 22.3 Å². The molecule has 0 amide bonds. The van der Waals surface area contributed by atoms with Gasteiger partial charge in [-0.05, 0) is 63.4 Å². The topological polar surface area (TPSA) is 27.7 Å². The van der Waals surface area contributed by atoms with Gasteiger partial charge in [-0.25, -0.2) is 0 Å². The second-order valence-electron chi connectivity index (χ2n) is 6.69. The SMILES string of the molecule is COc1ccc(C=C(CS)B2OC(C)(C)C(C)(C)O2)cc1C. The van der Waals surface area contributed by atoms with Crippen LogP contribution in [0.3, 0.4) is 0 Å². The Morgan fingerprint density at radius 2 is 1.82 bits per heavy atom. The summed E-state index contributed by atoms with van der Waals surface area (Å²) in [7, 11) is 1.33. The lowest BCUT2D eigenvalue weighted by Gasteiger charge is -2.32. The number of hydrogen-bond donors (Lipinski definition) is 1. The molecule has 0 aliphatic carbocycles. The average molecular weight is 320 g/mol. The lowest BCUT2D eigenvalue weighted by molar-refractivity contribution is 0.00578. The van der Waals surface area contributed by atoms with E-state index in [2.05, 4.69) is 52.5 Å². The summed E-state index contributed by atoms with van der Waals surface area (Å²) in [4.78, 5) is 0. The van der Waals surface area contributed by atoms with Crippen molar-refractivity contribution < 1.29 is 14.0 Å². The van der Waals surface area contributed by atoms with E-state index in [4.69, 9.17) is 14.0 Å². The van der Waals surface area contributed by atoms with Crippen LogP contribution in [-0.4, -0.2) is 31.2 Å².